The third-order valence-electron chi connectivity index (χ3n) is 8.15. The van der Waals surface area contributed by atoms with Crippen LogP contribution in [0.3, 0.4) is 0 Å². The molecule has 0 saturated carbocycles. The van der Waals surface area contributed by atoms with Crippen LogP contribution in [0, 0.1) is 20.8 Å². The molecule has 0 aromatic carbocycles. The first kappa shape index (κ1) is 31.9. The molecule has 6 heterocycles. The molecule has 4 aromatic rings. The van der Waals surface area contributed by atoms with Crippen molar-refractivity contribution in [2.75, 3.05) is 0 Å². The minimum absolute atomic E-state index is 0.0521. The van der Waals surface area contributed by atoms with Gasteiger partial charge in [0.15, 0.2) is 0 Å². The standard InChI is InChI=1S/C33H26F6S6/c1-15-5-21(40-11-15)23-9-19(29(44-23)25-7-17(3)13-42-25)27-28(32(36,37)33(38,39)31(27,34)35)20-10-24(22-6-16(2)12-41-22)45-30(20)26-8-18(4)14-43-26/h5,7-8,10-14,22-23H,6,9H2,1-4H3. The molecule has 0 fully saturated rings. The Kier molecular flexibility index (Phi) is 7.93. The van der Waals surface area contributed by atoms with Crippen molar-refractivity contribution in [2.24, 2.45) is 0 Å². The number of hydrogen-bond acceptors (Lipinski definition) is 6. The molecule has 0 N–H and O–H groups in total. The molecule has 7 rings (SSSR count). The highest BCUT2D eigenvalue weighted by Crippen LogP contribution is 2.69. The van der Waals surface area contributed by atoms with E-state index < -0.39 is 28.9 Å². The molecule has 0 saturated heterocycles. The highest BCUT2D eigenvalue weighted by atomic mass is 32.2. The van der Waals surface area contributed by atoms with E-state index in [1.165, 1.54) is 74.9 Å². The molecule has 0 amide bonds. The molecular weight excluding hydrogens is 703 g/mol. The molecule has 0 nitrogen and oxygen atoms in total. The summed E-state index contributed by atoms with van der Waals surface area (Å²) < 4.78 is 96.3. The zero-order valence-electron chi connectivity index (χ0n) is 24.4. The summed E-state index contributed by atoms with van der Waals surface area (Å²) in [7, 11) is 0. The second-order valence-electron chi connectivity index (χ2n) is 11.8. The summed E-state index contributed by atoms with van der Waals surface area (Å²) in [6.45, 7) is 7.61. The van der Waals surface area contributed by atoms with Gasteiger partial charge in [0, 0.05) is 51.6 Å². The van der Waals surface area contributed by atoms with E-state index in [1.54, 1.807) is 6.07 Å². The van der Waals surface area contributed by atoms with Gasteiger partial charge >= 0.3 is 17.8 Å². The summed E-state index contributed by atoms with van der Waals surface area (Å²) >= 11 is 8.15. The fourth-order valence-electron chi connectivity index (χ4n) is 6.00. The van der Waals surface area contributed by atoms with Gasteiger partial charge in [0.05, 0.1) is 4.88 Å². The predicted molar refractivity (Wildman–Crippen MR) is 183 cm³/mol. The fourth-order valence-corrected chi connectivity index (χ4v) is 13.1. The zero-order chi connectivity index (χ0) is 32.1. The highest BCUT2D eigenvalue weighted by molar-refractivity contribution is 8.09. The van der Waals surface area contributed by atoms with Crippen LogP contribution in [0.5, 0.6) is 0 Å². The van der Waals surface area contributed by atoms with E-state index in [-0.39, 0.29) is 28.1 Å². The van der Waals surface area contributed by atoms with Crippen LogP contribution in [0.4, 0.5) is 26.3 Å². The first-order valence-electron chi connectivity index (χ1n) is 14.1. The molecule has 0 spiro atoms. The Labute approximate surface area is 282 Å². The molecule has 236 valence electrons. The van der Waals surface area contributed by atoms with Crippen LogP contribution in [0.1, 0.15) is 67.2 Å². The Morgan fingerprint density at radius 2 is 1.29 bits per heavy atom. The van der Waals surface area contributed by atoms with E-state index in [1.807, 2.05) is 61.4 Å². The first-order chi connectivity index (χ1) is 21.2. The van der Waals surface area contributed by atoms with Crippen molar-refractivity contribution in [2.45, 2.75) is 68.8 Å². The van der Waals surface area contributed by atoms with Gasteiger partial charge in [-0.2, -0.15) is 26.3 Å². The van der Waals surface area contributed by atoms with Crippen molar-refractivity contribution >= 4 is 79.3 Å². The monoisotopic (exact) mass is 728 g/mol. The minimum Gasteiger partial charge on any atom is -0.194 e. The Morgan fingerprint density at radius 3 is 1.87 bits per heavy atom. The van der Waals surface area contributed by atoms with Crippen molar-refractivity contribution in [1.82, 2.24) is 0 Å². The lowest BCUT2D eigenvalue weighted by Crippen LogP contribution is -2.49. The molecule has 1 aliphatic carbocycles. The number of halogens is 6. The Morgan fingerprint density at radius 1 is 0.667 bits per heavy atom. The maximum absolute atomic E-state index is 16.3. The van der Waals surface area contributed by atoms with Gasteiger partial charge < -0.3 is 0 Å². The lowest BCUT2D eigenvalue weighted by Gasteiger charge is -2.26. The largest absolute Gasteiger partial charge is 0.380 e. The number of rotatable bonds is 6. The van der Waals surface area contributed by atoms with Gasteiger partial charge in [-0.25, -0.2) is 0 Å². The number of thiophene rings is 4. The molecule has 4 aromatic heterocycles. The second-order valence-corrected chi connectivity index (χ2v) is 17.9. The Hall–Kier alpha value is -1.70. The average Bonchev–Trinajstić information content (AvgIpc) is 3.79. The lowest BCUT2D eigenvalue weighted by molar-refractivity contribution is -0.259. The molecular formula is C33H26F6S6. The average molecular weight is 729 g/mol. The van der Waals surface area contributed by atoms with Crippen LogP contribution in [-0.2, 0) is 0 Å². The van der Waals surface area contributed by atoms with Crippen LogP contribution in [-0.4, -0.2) is 17.8 Å². The topological polar surface area (TPSA) is 0 Å². The van der Waals surface area contributed by atoms with Crippen LogP contribution >= 0.6 is 68.9 Å². The third kappa shape index (κ3) is 5.08. The summed E-state index contributed by atoms with van der Waals surface area (Å²) in [4.78, 5) is 3.53. The van der Waals surface area contributed by atoms with Gasteiger partial charge in [-0.15, -0.1) is 68.9 Å². The van der Waals surface area contributed by atoms with Crippen LogP contribution in [0.2, 0.25) is 0 Å². The molecule has 45 heavy (non-hydrogen) atoms. The molecule has 2 atom stereocenters. The van der Waals surface area contributed by atoms with E-state index in [4.69, 9.17) is 0 Å². The quantitative estimate of drug-likeness (QED) is 0.181. The molecule has 2 aliphatic heterocycles. The van der Waals surface area contributed by atoms with E-state index in [0.29, 0.717) is 30.8 Å². The number of aryl methyl sites for hydroxylation is 3. The van der Waals surface area contributed by atoms with E-state index in [9.17, 15) is 0 Å². The second kappa shape index (κ2) is 11.2. The van der Waals surface area contributed by atoms with Gasteiger partial charge in [0.2, 0.25) is 0 Å². The van der Waals surface area contributed by atoms with Crippen molar-refractivity contribution in [3.63, 3.8) is 0 Å². The summed E-state index contributed by atoms with van der Waals surface area (Å²) in [6.07, 6.45) is 0.622. The highest BCUT2D eigenvalue weighted by Gasteiger charge is 2.80. The normalized spacial score (nSPS) is 23.9. The lowest BCUT2D eigenvalue weighted by atomic mass is 9.91. The van der Waals surface area contributed by atoms with Gasteiger partial charge in [0.1, 0.15) is 0 Å². The van der Waals surface area contributed by atoms with Gasteiger partial charge in [-0.05, 0) is 109 Å². The maximum Gasteiger partial charge on any atom is 0.380 e. The Bertz CT molecular complexity index is 1910. The maximum atomic E-state index is 16.3. The summed E-state index contributed by atoms with van der Waals surface area (Å²) in [5.74, 6) is -15.8. The minimum atomic E-state index is -5.61. The van der Waals surface area contributed by atoms with Gasteiger partial charge in [-0.3, -0.25) is 0 Å². The van der Waals surface area contributed by atoms with Crippen molar-refractivity contribution in [3.05, 3.63) is 99.4 Å². The van der Waals surface area contributed by atoms with E-state index >= 15 is 26.3 Å². The smallest absolute Gasteiger partial charge is 0.194 e. The molecule has 3 aliphatic rings. The molecule has 2 unspecified atom stereocenters. The summed E-state index contributed by atoms with van der Waals surface area (Å²) in [5.41, 5.74) is 1.11. The fraction of sp³-hybridized carbons (Fsp3) is 0.333. The third-order valence-corrected chi connectivity index (χ3v) is 16.0. The first-order valence-corrected chi connectivity index (χ1v) is 19.4. The Balaban J connectivity index is 1.51. The number of alkyl halides is 6. The van der Waals surface area contributed by atoms with Crippen LogP contribution in [0.25, 0.3) is 20.2 Å². The van der Waals surface area contributed by atoms with E-state index in [2.05, 4.69) is 0 Å². The zero-order valence-corrected chi connectivity index (χ0v) is 29.3. The van der Waals surface area contributed by atoms with Crippen molar-refractivity contribution in [1.29, 1.82) is 0 Å². The predicted octanol–water partition coefficient (Wildman–Crippen LogP) is 13.6. The number of hydrogen-bond donors (Lipinski definition) is 0. The van der Waals surface area contributed by atoms with E-state index in [0.717, 1.165) is 27.1 Å². The van der Waals surface area contributed by atoms with Gasteiger partial charge in [-0.1, -0.05) is 5.57 Å². The molecule has 12 heteroatoms. The molecule has 0 radical (unpaired) electrons. The summed E-state index contributed by atoms with van der Waals surface area (Å²) in [5, 5.41) is 7.19. The SMILES string of the molecule is CC1=CSC(c2cc(C3=C(C4=C(c5cc(C)cs5)SC(c5cc(C)cs5)C4)C(F)(F)C(F)(F)C3(F)F)c(-c3cc(C)cs3)s2)C1. The number of thioether (sulfide) groups is 2. The summed E-state index contributed by atoms with van der Waals surface area (Å²) in [6, 6.07) is 7.05. The van der Waals surface area contributed by atoms with Crippen molar-refractivity contribution < 1.29 is 26.3 Å². The van der Waals surface area contributed by atoms with Crippen LogP contribution in [0.15, 0.2) is 62.5 Å². The van der Waals surface area contributed by atoms with Gasteiger partial charge in [0.25, 0.3) is 0 Å². The van der Waals surface area contributed by atoms with Crippen molar-refractivity contribution in [3.8, 4) is 9.75 Å². The molecule has 0 bridgehead atoms. The number of allylic oxidation sites excluding steroid dienone is 4. The van der Waals surface area contributed by atoms with Crippen LogP contribution < -0.4 is 0 Å².